The molecule has 0 fully saturated rings. The zero-order chi connectivity index (χ0) is 12.3. The maximum absolute atomic E-state index is 12.1. The van der Waals surface area contributed by atoms with Gasteiger partial charge < -0.3 is 0 Å². The summed E-state index contributed by atoms with van der Waals surface area (Å²) in [4.78, 5) is 10.8. The van der Waals surface area contributed by atoms with Crippen LogP contribution >= 0.6 is 27.3 Å². The van der Waals surface area contributed by atoms with Crippen molar-refractivity contribution in [3.05, 3.63) is 5.01 Å². The molecule has 0 spiro atoms. The van der Waals surface area contributed by atoms with Crippen LogP contribution in [0.15, 0.2) is 0 Å². The van der Waals surface area contributed by atoms with Gasteiger partial charge >= 0.3 is 6.18 Å². The number of aromatic nitrogens is 2. The Hall–Kier alpha value is -0.700. The van der Waals surface area contributed by atoms with E-state index in [0.29, 0.717) is 17.8 Å². The molecule has 0 bridgehead atoms. The van der Waals surface area contributed by atoms with Gasteiger partial charge in [0.2, 0.25) is 16.0 Å². The number of halogens is 4. The van der Waals surface area contributed by atoms with Crippen molar-refractivity contribution in [2.75, 3.05) is 5.32 Å². The molecule has 90 valence electrons. The van der Waals surface area contributed by atoms with E-state index >= 15 is 0 Å². The Morgan fingerprint density at radius 3 is 2.62 bits per heavy atom. The second-order valence-electron chi connectivity index (χ2n) is 2.78. The second-order valence-corrected chi connectivity index (χ2v) is 4.86. The highest BCUT2D eigenvalue weighted by atomic mass is 79.9. The van der Waals surface area contributed by atoms with Gasteiger partial charge in [0.25, 0.3) is 0 Å². The van der Waals surface area contributed by atoms with Gasteiger partial charge in [-0.05, 0) is 6.42 Å². The predicted molar refractivity (Wildman–Crippen MR) is 56.5 cm³/mol. The summed E-state index contributed by atoms with van der Waals surface area (Å²) in [5, 5.41) is 7.18. The zero-order valence-corrected chi connectivity index (χ0v) is 10.4. The van der Waals surface area contributed by atoms with Crippen LogP contribution < -0.4 is 5.32 Å². The van der Waals surface area contributed by atoms with Crippen molar-refractivity contribution in [1.29, 1.82) is 0 Å². The standard InChI is InChI=1S/C7H7BrF3N3OS/c1-2-3(8)4(15)12-6-14-13-5(16-6)7(9,10)11/h3H,2H2,1H3,(H,12,14,15). The summed E-state index contributed by atoms with van der Waals surface area (Å²) < 4.78 is 36.4. The fraction of sp³-hybridized carbons (Fsp3) is 0.571. The van der Waals surface area contributed by atoms with Gasteiger partial charge in [-0.2, -0.15) is 13.2 Å². The molecular weight excluding hydrogens is 311 g/mol. The molecule has 4 nitrogen and oxygen atoms in total. The van der Waals surface area contributed by atoms with E-state index in [9.17, 15) is 18.0 Å². The molecule has 1 aromatic rings. The molecule has 0 aliphatic rings. The lowest BCUT2D eigenvalue weighted by atomic mass is 10.3. The highest BCUT2D eigenvalue weighted by molar-refractivity contribution is 9.10. The molecule has 9 heteroatoms. The smallest absolute Gasteiger partial charge is 0.300 e. The molecule has 0 radical (unpaired) electrons. The SMILES string of the molecule is CCC(Br)C(=O)Nc1nnc(C(F)(F)F)s1. The number of hydrogen-bond donors (Lipinski definition) is 1. The molecule has 1 unspecified atom stereocenters. The number of rotatable bonds is 3. The molecule has 0 saturated heterocycles. The van der Waals surface area contributed by atoms with E-state index < -0.39 is 21.9 Å². The Morgan fingerprint density at radius 2 is 2.19 bits per heavy atom. The van der Waals surface area contributed by atoms with Crippen molar-refractivity contribution in [1.82, 2.24) is 10.2 Å². The average molecular weight is 318 g/mol. The lowest BCUT2D eigenvalue weighted by molar-refractivity contribution is -0.138. The Bertz CT molecular complexity index is 381. The van der Waals surface area contributed by atoms with Gasteiger partial charge in [-0.1, -0.05) is 34.2 Å². The largest absolute Gasteiger partial charge is 0.445 e. The summed E-state index contributed by atoms with van der Waals surface area (Å²) in [6.45, 7) is 1.76. The molecule has 0 aromatic carbocycles. The number of anilines is 1. The summed E-state index contributed by atoms with van der Waals surface area (Å²) in [5.74, 6) is -0.438. The van der Waals surface area contributed by atoms with Gasteiger partial charge in [0.1, 0.15) is 0 Å². The quantitative estimate of drug-likeness (QED) is 0.872. The first-order valence-electron chi connectivity index (χ1n) is 4.20. The van der Waals surface area contributed by atoms with Crippen molar-refractivity contribution in [2.24, 2.45) is 0 Å². The lowest BCUT2D eigenvalue weighted by Gasteiger charge is -2.04. The van der Waals surface area contributed by atoms with Gasteiger partial charge in [0.05, 0.1) is 4.83 Å². The summed E-state index contributed by atoms with van der Waals surface area (Å²) in [7, 11) is 0. The Kier molecular flexibility index (Phi) is 4.25. The number of carbonyl (C=O) groups excluding carboxylic acids is 1. The van der Waals surface area contributed by atoms with Gasteiger partial charge in [0, 0.05) is 0 Å². The van der Waals surface area contributed by atoms with Crippen LogP contribution in [0.2, 0.25) is 0 Å². The van der Waals surface area contributed by atoms with Crippen molar-refractivity contribution < 1.29 is 18.0 Å². The fourth-order valence-corrected chi connectivity index (χ4v) is 1.49. The maximum atomic E-state index is 12.1. The first-order valence-corrected chi connectivity index (χ1v) is 5.93. The van der Waals surface area contributed by atoms with Gasteiger partial charge in [-0.3, -0.25) is 10.1 Å². The van der Waals surface area contributed by atoms with Crippen LogP contribution in [-0.2, 0) is 11.0 Å². The number of hydrogen-bond acceptors (Lipinski definition) is 4. The molecule has 0 saturated carbocycles. The van der Waals surface area contributed by atoms with Crippen LogP contribution in [0.5, 0.6) is 0 Å². The van der Waals surface area contributed by atoms with Crippen molar-refractivity contribution >= 4 is 38.3 Å². The third-order valence-electron chi connectivity index (χ3n) is 1.54. The minimum absolute atomic E-state index is 0.157. The van der Waals surface area contributed by atoms with Gasteiger partial charge in [0.15, 0.2) is 0 Å². The van der Waals surface area contributed by atoms with E-state index in [-0.39, 0.29) is 5.13 Å². The van der Waals surface area contributed by atoms with E-state index in [1.54, 1.807) is 6.92 Å². The van der Waals surface area contributed by atoms with E-state index in [1.807, 2.05) is 0 Å². The zero-order valence-electron chi connectivity index (χ0n) is 8.01. The molecule has 1 N–H and O–H groups in total. The van der Waals surface area contributed by atoms with Gasteiger partial charge in [-0.25, -0.2) is 0 Å². The molecule has 0 aliphatic carbocycles. The topological polar surface area (TPSA) is 54.9 Å². The van der Waals surface area contributed by atoms with Crippen molar-refractivity contribution in [3.8, 4) is 0 Å². The molecule has 1 rings (SSSR count). The van der Waals surface area contributed by atoms with E-state index in [0.717, 1.165) is 0 Å². The summed E-state index contributed by atoms with van der Waals surface area (Å²) in [6, 6.07) is 0. The molecule has 0 aliphatic heterocycles. The summed E-state index contributed by atoms with van der Waals surface area (Å²) in [6.07, 6.45) is -4.00. The molecule has 1 atom stereocenters. The van der Waals surface area contributed by atoms with Crippen LogP contribution in [0.25, 0.3) is 0 Å². The third kappa shape index (κ3) is 3.41. The molecule has 16 heavy (non-hydrogen) atoms. The monoisotopic (exact) mass is 317 g/mol. The first-order chi connectivity index (χ1) is 7.34. The maximum Gasteiger partial charge on any atom is 0.445 e. The van der Waals surface area contributed by atoms with Crippen LogP contribution in [0, 0.1) is 0 Å². The van der Waals surface area contributed by atoms with Crippen LogP contribution in [0.3, 0.4) is 0 Å². The fourth-order valence-electron chi connectivity index (χ4n) is 0.757. The minimum atomic E-state index is -4.53. The average Bonchev–Trinajstić information content (AvgIpc) is 2.64. The first kappa shape index (κ1) is 13.4. The second kappa shape index (κ2) is 5.09. The number of nitrogens with one attached hydrogen (secondary N) is 1. The van der Waals surface area contributed by atoms with Crippen LogP contribution in [-0.4, -0.2) is 20.9 Å². The van der Waals surface area contributed by atoms with Crippen molar-refractivity contribution in [2.45, 2.75) is 24.3 Å². The molecule has 1 heterocycles. The van der Waals surface area contributed by atoms with Crippen LogP contribution in [0.4, 0.5) is 18.3 Å². The normalized spacial score (nSPS) is 13.6. The van der Waals surface area contributed by atoms with E-state index in [4.69, 9.17) is 0 Å². The lowest BCUT2D eigenvalue weighted by Crippen LogP contribution is -2.21. The third-order valence-corrected chi connectivity index (χ3v) is 3.49. The number of nitrogens with zero attached hydrogens (tertiary/aromatic N) is 2. The van der Waals surface area contributed by atoms with E-state index in [2.05, 4.69) is 31.4 Å². The highest BCUT2D eigenvalue weighted by Gasteiger charge is 2.35. The summed E-state index contributed by atoms with van der Waals surface area (Å²) in [5.41, 5.74) is 0. The van der Waals surface area contributed by atoms with Crippen LogP contribution in [0.1, 0.15) is 18.4 Å². The highest BCUT2D eigenvalue weighted by Crippen LogP contribution is 2.33. The number of amides is 1. The Morgan fingerprint density at radius 1 is 1.56 bits per heavy atom. The Labute approximate surface area is 101 Å². The molecular formula is C7H7BrF3N3OS. The Balaban J connectivity index is 2.70. The minimum Gasteiger partial charge on any atom is -0.300 e. The number of alkyl halides is 4. The van der Waals surface area contributed by atoms with Gasteiger partial charge in [-0.15, -0.1) is 10.2 Å². The molecule has 1 aromatic heterocycles. The predicted octanol–water partition coefficient (Wildman–Crippen LogP) is 2.67. The van der Waals surface area contributed by atoms with Crippen molar-refractivity contribution in [3.63, 3.8) is 0 Å². The van der Waals surface area contributed by atoms with E-state index in [1.165, 1.54) is 0 Å². The number of carbonyl (C=O) groups is 1. The summed E-state index contributed by atoms with van der Waals surface area (Å²) >= 11 is 3.36. The molecule has 1 amide bonds.